The second-order valence-electron chi connectivity index (χ2n) is 6.99. The van der Waals surface area contributed by atoms with Gasteiger partial charge in [-0.05, 0) is 37.7 Å². The zero-order valence-electron chi connectivity index (χ0n) is 14.7. The van der Waals surface area contributed by atoms with Gasteiger partial charge in [0.1, 0.15) is 5.75 Å². The Balaban J connectivity index is 2.11. The van der Waals surface area contributed by atoms with Gasteiger partial charge in [0.05, 0.1) is 4.47 Å². The fourth-order valence-electron chi connectivity index (χ4n) is 2.55. The van der Waals surface area contributed by atoms with Crippen LogP contribution in [0.25, 0.3) is 22.3 Å². The van der Waals surface area contributed by atoms with Gasteiger partial charge in [-0.15, -0.1) is 0 Å². The fraction of sp³-hybridized carbons (Fsp3) is 0.182. The van der Waals surface area contributed by atoms with E-state index < -0.39 is 0 Å². The van der Waals surface area contributed by atoms with Gasteiger partial charge < -0.3 is 4.43 Å². The van der Waals surface area contributed by atoms with E-state index in [-0.39, 0.29) is 5.04 Å². The largest absolute Gasteiger partial charge is 0.539 e. The molecule has 3 aromatic carbocycles. The van der Waals surface area contributed by atoms with Crippen molar-refractivity contribution in [2.75, 3.05) is 0 Å². The lowest BCUT2D eigenvalue weighted by molar-refractivity contribution is 0.543. The summed E-state index contributed by atoms with van der Waals surface area (Å²) in [6, 6.07) is 25.1. The highest BCUT2D eigenvalue weighted by molar-refractivity contribution is 9.10. The molecule has 0 N–H and O–H groups in total. The van der Waals surface area contributed by atoms with E-state index in [9.17, 15) is 0 Å². The molecule has 3 aromatic rings. The van der Waals surface area contributed by atoms with Crippen molar-refractivity contribution in [2.45, 2.75) is 25.8 Å². The lowest BCUT2D eigenvalue weighted by Gasteiger charge is -2.21. The molecule has 0 aliphatic carbocycles. The first kappa shape index (κ1) is 18.0. The molecule has 3 rings (SSSR count). The smallest absolute Gasteiger partial charge is 0.316 e. The Morgan fingerprint density at radius 1 is 0.720 bits per heavy atom. The lowest BCUT2D eigenvalue weighted by atomic mass is 9.99. The normalized spacial score (nSPS) is 11.4. The van der Waals surface area contributed by atoms with Gasteiger partial charge in [0.15, 0.2) is 0 Å². The number of rotatable bonds is 4. The van der Waals surface area contributed by atoms with E-state index in [1.165, 1.54) is 5.56 Å². The van der Waals surface area contributed by atoms with Gasteiger partial charge in [0.2, 0.25) is 0 Å². The van der Waals surface area contributed by atoms with Gasteiger partial charge in [-0.25, -0.2) is 0 Å². The highest BCUT2D eigenvalue weighted by atomic mass is 79.9. The Morgan fingerprint density at radius 2 is 1.20 bits per heavy atom. The topological polar surface area (TPSA) is 9.23 Å². The van der Waals surface area contributed by atoms with Crippen molar-refractivity contribution in [1.29, 1.82) is 0 Å². The summed E-state index contributed by atoms with van der Waals surface area (Å²) in [5.74, 6) is 0.917. The minimum absolute atomic E-state index is 0.121. The van der Waals surface area contributed by atoms with Crippen molar-refractivity contribution in [3.05, 3.63) is 77.3 Å². The first-order chi connectivity index (χ1) is 12.0. The second-order valence-corrected chi connectivity index (χ2v) is 9.69. The van der Waals surface area contributed by atoms with E-state index in [2.05, 4.69) is 97.4 Å². The third kappa shape index (κ3) is 4.41. The number of hydrogen-bond acceptors (Lipinski definition) is 1. The molecule has 0 bridgehead atoms. The van der Waals surface area contributed by atoms with Gasteiger partial charge in [-0.3, -0.25) is 0 Å². The Kier molecular flexibility index (Phi) is 5.45. The van der Waals surface area contributed by atoms with Crippen LogP contribution in [0.2, 0.25) is 5.04 Å². The van der Waals surface area contributed by atoms with E-state index in [0.717, 1.165) is 26.9 Å². The van der Waals surface area contributed by atoms with E-state index >= 15 is 0 Å². The summed E-state index contributed by atoms with van der Waals surface area (Å²) in [6.45, 7) is 6.59. The molecule has 2 radical (unpaired) electrons. The van der Waals surface area contributed by atoms with E-state index in [1.54, 1.807) is 0 Å². The van der Waals surface area contributed by atoms with E-state index in [0.29, 0.717) is 9.76 Å². The van der Waals surface area contributed by atoms with Gasteiger partial charge in [-0.2, -0.15) is 0 Å². The van der Waals surface area contributed by atoms with Crippen LogP contribution in [0.3, 0.4) is 0 Å². The SMILES string of the molecule is CC(C)(C)[Si]Oc1c(-c2ccccc2)ccc(-c2ccccc2)c1Br. The van der Waals surface area contributed by atoms with E-state index in [1.807, 2.05) is 12.1 Å². The summed E-state index contributed by atoms with van der Waals surface area (Å²) in [4.78, 5) is 0. The maximum Gasteiger partial charge on any atom is 0.316 e. The molecule has 0 saturated carbocycles. The van der Waals surface area contributed by atoms with E-state index in [4.69, 9.17) is 4.43 Å². The Bertz CT molecular complexity index is 839. The van der Waals surface area contributed by atoms with Crippen LogP contribution >= 0.6 is 15.9 Å². The standard InChI is InChI=1S/C22H21BrOSi/c1-22(2,3)25-24-21-19(17-12-8-5-9-13-17)15-14-18(20(21)23)16-10-6-4-7-11-16/h4-15H,1-3H3. The molecule has 0 aliphatic rings. The average Bonchev–Trinajstić information content (AvgIpc) is 2.61. The van der Waals surface area contributed by atoms with Crippen molar-refractivity contribution in [3.63, 3.8) is 0 Å². The summed E-state index contributed by atoms with van der Waals surface area (Å²) in [5, 5.41) is 0.121. The molecule has 0 saturated heterocycles. The first-order valence-electron chi connectivity index (χ1n) is 8.33. The zero-order chi connectivity index (χ0) is 17.9. The monoisotopic (exact) mass is 408 g/mol. The average molecular weight is 409 g/mol. The molecule has 0 aromatic heterocycles. The summed E-state index contributed by atoms with van der Waals surface area (Å²) < 4.78 is 7.34. The predicted molar refractivity (Wildman–Crippen MR) is 111 cm³/mol. The van der Waals surface area contributed by atoms with Crippen molar-refractivity contribution in [3.8, 4) is 28.0 Å². The van der Waals surface area contributed by atoms with Crippen LogP contribution in [0.15, 0.2) is 77.3 Å². The minimum Gasteiger partial charge on any atom is -0.539 e. The van der Waals surface area contributed by atoms with Gasteiger partial charge >= 0.3 is 9.76 Å². The van der Waals surface area contributed by atoms with Crippen LogP contribution in [0.1, 0.15) is 20.8 Å². The quantitative estimate of drug-likeness (QED) is 0.422. The molecule has 0 amide bonds. The highest BCUT2D eigenvalue weighted by Gasteiger charge is 2.20. The maximum absolute atomic E-state index is 6.33. The maximum atomic E-state index is 6.33. The van der Waals surface area contributed by atoms with Crippen LogP contribution < -0.4 is 4.43 Å². The molecule has 25 heavy (non-hydrogen) atoms. The van der Waals surface area contributed by atoms with Crippen molar-refractivity contribution in [1.82, 2.24) is 0 Å². The third-order valence-corrected chi connectivity index (χ3v) is 5.43. The van der Waals surface area contributed by atoms with Crippen LogP contribution in [-0.4, -0.2) is 9.76 Å². The summed E-state index contributed by atoms with van der Waals surface area (Å²) in [5.41, 5.74) is 4.60. The predicted octanol–water partition coefficient (Wildman–Crippen LogP) is 7.00. The number of benzene rings is 3. The Labute approximate surface area is 161 Å². The fourth-order valence-corrected chi connectivity index (χ4v) is 3.97. The van der Waals surface area contributed by atoms with Crippen LogP contribution in [0.5, 0.6) is 5.75 Å². The third-order valence-electron chi connectivity index (χ3n) is 3.73. The molecule has 126 valence electrons. The number of hydrogen-bond donors (Lipinski definition) is 0. The van der Waals surface area contributed by atoms with Crippen molar-refractivity contribution in [2.24, 2.45) is 0 Å². The molecule has 0 spiro atoms. The molecule has 0 unspecified atom stereocenters. The first-order valence-corrected chi connectivity index (χ1v) is 10.0. The van der Waals surface area contributed by atoms with Crippen molar-refractivity contribution >= 4 is 25.7 Å². The highest BCUT2D eigenvalue weighted by Crippen LogP contribution is 2.43. The van der Waals surface area contributed by atoms with Gasteiger partial charge in [-0.1, -0.05) is 93.6 Å². The lowest BCUT2D eigenvalue weighted by Crippen LogP contribution is -2.16. The second kappa shape index (κ2) is 7.59. The molecule has 1 nitrogen and oxygen atoms in total. The molecule has 3 heteroatoms. The summed E-state index contributed by atoms with van der Waals surface area (Å²) >= 11 is 3.81. The Hall–Kier alpha value is -1.84. The molecular weight excluding hydrogens is 388 g/mol. The van der Waals surface area contributed by atoms with Gasteiger partial charge in [0, 0.05) is 5.56 Å². The molecular formula is C22H21BrOSi. The van der Waals surface area contributed by atoms with Crippen LogP contribution in [0, 0.1) is 0 Å². The molecule has 0 aliphatic heterocycles. The minimum atomic E-state index is 0.121. The zero-order valence-corrected chi connectivity index (χ0v) is 17.3. The van der Waals surface area contributed by atoms with Crippen LogP contribution in [-0.2, 0) is 0 Å². The molecule has 0 heterocycles. The Morgan fingerprint density at radius 3 is 1.72 bits per heavy atom. The number of halogens is 1. The summed E-state index contributed by atoms with van der Waals surface area (Å²) in [6.07, 6.45) is 0. The van der Waals surface area contributed by atoms with Gasteiger partial charge in [0.25, 0.3) is 0 Å². The molecule has 0 fully saturated rings. The van der Waals surface area contributed by atoms with Crippen LogP contribution in [0.4, 0.5) is 0 Å². The molecule has 0 atom stereocenters. The summed E-state index contributed by atoms with van der Waals surface area (Å²) in [7, 11) is 0.381. The van der Waals surface area contributed by atoms with Crippen molar-refractivity contribution < 1.29 is 4.43 Å².